The summed E-state index contributed by atoms with van der Waals surface area (Å²) in [7, 11) is -4.18. The molecule has 0 saturated carbocycles. The van der Waals surface area contributed by atoms with Crippen LogP contribution in [0.2, 0.25) is 0 Å². The molecule has 9 heteroatoms. The van der Waals surface area contributed by atoms with Crippen LogP contribution in [0.3, 0.4) is 0 Å². The number of hydrogen-bond acceptors (Lipinski definition) is 4. The first-order chi connectivity index (χ1) is 18.2. The molecule has 0 bridgehead atoms. The first-order valence-corrected chi connectivity index (χ1v) is 14.1. The molecular weight excluding hydrogens is 505 g/mol. The van der Waals surface area contributed by atoms with Crippen molar-refractivity contribution in [3.8, 4) is 0 Å². The Balaban J connectivity index is 2.02. The van der Waals surface area contributed by atoms with Crippen molar-refractivity contribution < 1.29 is 22.4 Å². The number of benzene rings is 3. The lowest BCUT2D eigenvalue weighted by Crippen LogP contribution is -2.52. The first kappa shape index (κ1) is 28.8. The molecule has 1 N–H and O–H groups in total. The van der Waals surface area contributed by atoms with Crippen molar-refractivity contribution in [2.45, 2.75) is 51.1 Å². The Morgan fingerprint density at radius 2 is 1.55 bits per heavy atom. The number of carbonyl (C=O) groups is 2. The average molecular weight is 540 g/mol. The van der Waals surface area contributed by atoms with E-state index in [-0.39, 0.29) is 23.0 Å². The molecule has 3 aromatic carbocycles. The minimum atomic E-state index is -4.18. The lowest BCUT2D eigenvalue weighted by molar-refractivity contribution is -0.140. The summed E-state index contributed by atoms with van der Waals surface area (Å²) in [5, 5.41) is 2.85. The van der Waals surface area contributed by atoms with Crippen LogP contribution in [0.4, 0.5) is 10.1 Å². The number of aryl methyl sites for hydroxylation is 1. The second kappa shape index (κ2) is 13.2. The van der Waals surface area contributed by atoms with Crippen molar-refractivity contribution in [2.24, 2.45) is 0 Å². The molecule has 1 atom stereocenters. The third kappa shape index (κ3) is 7.19. The van der Waals surface area contributed by atoms with Crippen LogP contribution >= 0.6 is 0 Å². The van der Waals surface area contributed by atoms with E-state index >= 15 is 0 Å². The van der Waals surface area contributed by atoms with Gasteiger partial charge in [-0.25, -0.2) is 12.8 Å². The predicted molar refractivity (Wildman–Crippen MR) is 146 cm³/mol. The predicted octanol–water partition coefficient (Wildman–Crippen LogP) is 4.66. The summed E-state index contributed by atoms with van der Waals surface area (Å²) < 4.78 is 42.0. The molecule has 202 valence electrons. The van der Waals surface area contributed by atoms with Gasteiger partial charge >= 0.3 is 0 Å². The molecule has 0 heterocycles. The highest BCUT2D eigenvalue weighted by Gasteiger charge is 2.33. The van der Waals surface area contributed by atoms with Gasteiger partial charge in [0.15, 0.2) is 0 Å². The normalized spacial score (nSPS) is 12.0. The molecule has 0 radical (unpaired) electrons. The van der Waals surface area contributed by atoms with Crippen molar-refractivity contribution >= 4 is 27.5 Å². The molecule has 0 spiro atoms. The first-order valence-electron chi connectivity index (χ1n) is 12.6. The maximum atomic E-state index is 13.9. The Morgan fingerprint density at radius 1 is 0.921 bits per heavy atom. The van der Waals surface area contributed by atoms with Gasteiger partial charge in [0.1, 0.15) is 18.4 Å². The van der Waals surface area contributed by atoms with Gasteiger partial charge in [0.2, 0.25) is 11.8 Å². The smallest absolute Gasteiger partial charge is 0.264 e. The monoisotopic (exact) mass is 539 g/mol. The van der Waals surface area contributed by atoms with Crippen LogP contribution in [0.1, 0.15) is 37.8 Å². The molecule has 0 fully saturated rings. The van der Waals surface area contributed by atoms with Crippen LogP contribution in [-0.4, -0.2) is 44.3 Å². The third-order valence-corrected chi connectivity index (χ3v) is 7.92. The maximum Gasteiger partial charge on any atom is 0.264 e. The van der Waals surface area contributed by atoms with Crippen molar-refractivity contribution in [2.75, 3.05) is 17.4 Å². The van der Waals surface area contributed by atoms with Gasteiger partial charge < -0.3 is 10.2 Å². The zero-order valence-corrected chi connectivity index (χ0v) is 22.7. The van der Waals surface area contributed by atoms with Crippen LogP contribution in [0.15, 0.2) is 83.8 Å². The molecule has 38 heavy (non-hydrogen) atoms. The lowest BCUT2D eigenvalue weighted by atomic mass is 10.1. The lowest BCUT2D eigenvalue weighted by Gasteiger charge is -2.33. The Bertz CT molecular complexity index is 1310. The molecule has 0 aliphatic carbocycles. The van der Waals surface area contributed by atoms with E-state index in [1.54, 1.807) is 18.2 Å². The van der Waals surface area contributed by atoms with Crippen molar-refractivity contribution in [1.29, 1.82) is 0 Å². The van der Waals surface area contributed by atoms with E-state index in [1.807, 2.05) is 45.0 Å². The molecule has 7 nitrogen and oxygen atoms in total. The largest absolute Gasteiger partial charge is 0.354 e. The van der Waals surface area contributed by atoms with Crippen LogP contribution in [0.25, 0.3) is 0 Å². The van der Waals surface area contributed by atoms with E-state index in [4.69, 9.17) is 0 Å². The topological polar surface area (TPSA) is 86.8 Å². The Labute approximate surface area is 224 Å². The summed E-state index contributed by atoms with van der Waals surface area (Å²) in [4.78, 5) is 28.4. The summed E-state index contributed by atoms with van der Waals surface area (Å²) in [5.41, 5.74) is 2.00. The molecular formula is C29H34FN3O4S. The number of nitrogens with zero attached hydrogens (tertiary/aromatic N) is 2. The molecule has 0 saturated heterocycles. The van der Waals surface area contributed by atoms with Crippen LogP contribution in [0, 0.1) is 12.7 Å². The fourth-order valence-corrected chi connectivity index (χ4v) is 5.47. The van der Waals surface area contributed by atoms with Gasteiger partial charge in [0, 0.05) is 13.1 Å². The summed E-state index contributed by atoms with van der Waals surface area (Å²) >= 11 is 0. The van der Waals surface area contributed by atoms with Gasteiger partial charge in [-0.3, -0.25) is 13.9 Å². The van der Waals surface area contributed by atoms with E-state index in [9.17, 15) is 22.4 Å². The number of amides is 2. The molecule has 0 aliphatic heterocycles. The fraction of sp³-hybridized carbons (Fsp3) is 0.310. The standard InChI is InChI=1S/C29H34FN3O4S/c1-4-19-31-29(35)27(5-2)32(20-23-13-11-22(3)12-14-23)28(34)21-33(25-17-15-24(30)16-18-25)38(36,37)26-9-7-6-8-10-26/h6-18,27H,4-5,19-21H2,1-3H3,(H,31,35). The highest BCUT2D eigenvalue weighted by atomic mass is 32.2. The molecule has 0 aromatic heterocycles. The number of nitrogens with one attached hydrogen (secondary N) is 1. The molecule has 1 unspecified atom stereocenters. The average Bonchev–Trinajstić information content (AvgIpc) is 2.92. The minimum Gasteiger partial charge on any atom is -0.354 e. The third-order valence-electron chi connectivity index (χ3n) is 6.13. The summed E-state index contributed by atoms with van der Waals surface area (Å²) in [6.07, 6.45) is 1.08. The number of anilines is 1. The second-order valence-corrected chi connectivity index (χ2v) is 10.9. The van der Waals surface area contributed by atoms with E-state index < -0.39 is 34.3 Å². The quantitative estimate of drug-likeness (QED) is 0.363. The van der Waals surface area contributed by atoms with Crippen LogP contribution in [0.5, 0.6) is 0 Å². The van der Waals surface area contributed by atoms with Gasteiger partial charge in [-0.15, -0.1) is 0 Å². The van der Waals surface area contributed by atoms with Gasteiger partial charge in [0.05, 0.1) is 10.6 Å². The molecule has 0 aliphatic rings. The second-order valence-electron chi connectivity index (χ2n) is 9.02. The van der Waals surface area contributed by atoms with E-state index in [0.29, 0.717) is 13.0 Å². The fourth-order valence-electron chi connectivity index (χ4n) is 4.03. The van der Waals surface area contributed by atoms with Gasteiger partial charge in [-0.2, -0.15) is 0 Å². The number of sulfonamides is 1. The Hall–Kier alpha value is -3.72. The highest BCUT2D eigenvalue weighted by Crippen LogP contribution is 2.25. The molecule has 3 aromatic rings. The van der Waals surface area contributed by atoms with Crippen LogP contribution in [-0.2, 0) is 26.2 Å². The van der Waals surface area contributed by atoms with E-state index in [1.165, 1.54) is 29.2 Å². The number of carbonyl (C=O) groups excluding carboxylic acids is 2. The zero-order chi connectivity index (χ0) is 27.7. The zero-order valence-electron chi connectivity index (χ0n) is 21.9. The number of rotatable bonds is 12. The van der Waals surface area contributed by atoms with Crippen molar-refractivity contribution in [1.82, 2.24) is 10.2 Å². The van der Waals surface area contributed by atoms with Gasteiger partial charge in [-0.05, 0) is 61.7 Å². The van der Waals surface area contributed by atoms with Crippen molar-refractivity contribution in [3.63, 3.8) is 0 Å². The highest BCUT2D eigenvalue weighted by molar-refractivity contribution is 7.92. The van der Waals surface area contributed by atoms with Crippen molar-refractivity contribution in [3.05, 3.63) is 95.8 Å². The van der Waals surface area contributed by atoms with Gasteiger partial charge in [-0.1, -0.05) is 61.9 Å². The SMILES string of the molecule is CCCNC(=O)C(CC)N(Cc1ccc(C)cc1)C(=O)CN(c1ccc(F)cc1)S(=O)(=O)c1ccccc1. The van der Waals surface area contributed by atoms with E-state index in [2.05, 4.69) is 5.32 Å². The summed E-state index contributed by atoms with van der Waals surface area (Å²) in [6, 6.07) is 19.5. The number of hydrogen-bond donors (Lipinski definition) is 1. The maximum absolute atomic E-state index is 13.9. The Kier molecular flexibility index (Phi) is 10.0. The minimum absolute atomic E-state index is 0.00469. The van der Waals surface area contributed by atoms with Gasteiger partial charge in [0.25, 0.3) is 10.0 Å². The van der Waals surface area contributed by atoms with E-state index in [0.717, 1.165) is 34.0 Å². The molecule has 2 amide bonds. The Morgan fingerprint density at radius 3 is 2.13 bits per heavy atom. The summed E-state index contributed by atoms with van der Waals surface area (Å²) in [6.45, 7) is 5.72. The van der Waals surface area contributed by atoms with Crippen LogP contribution < -0.4 is 9.62 Å². The summed E-state index contributed by atoms with van der Waals surface area (Å²) in [5.74, 6) is -1.38. The molecule has 3 rings (SSSR count). The number of halogens is 1.